The first-order valence-corrected chi connectivity index (χ1v) is 6.26. The molecule has 0 radical (unpaired) electrons. The van der Waals surface area contributed by atoms with Gasteiger partial charge in [-0.3, -0.25) is 0 Å². The number of fused-ring (bicyclic) bond motifs is 1. The third-order valence-corrected chi connectivity index (χ3v) is 4.80. The first kappa shape index (κ1) is 10.2. The van der Waals surface area contributed by atoms with Crippen LogP contribution in [0.3, 0.4) is 0 Å². The van der Waals surface area contributed by atoms with Crippen molar-refractivity contribution >= 4 is 11.3 Å². The smallest absolute Gasteiger partial charge is 0.0469 e. The molecule has 2 heteroatoms. The molecular weight excluding hydrogens is 190 g/mol. The average molecular weight is 209 g/mol. The van der Waals surface area contributed by atoms with Gasteiger partial charge in [0.2, 0.25) is 0 Å². The summed E-state index contributed by atoms with van der Waals surface area (Å²) < 4.78 is 0. The molecule has 0 aromatic carbocycles. The van der Waals surface area contributed by atoms with Crippen LogP contribution in [0.2, 0.25) is 0 Å². The summed E-state index contributed by atoms with van der Waals surface area (Å²) in [7, 11) is 2.04. The Bertz CT molecular complexity index is 302. The summed E-state index contributed by atoms with van der Waals surface area (Å²) in [6, 6.07) is 2.41. The molecule has 78 valence electrons. The van der Waals surface area contributed by atoms with Crippen molar-refractivity contribution < 1.29 is 0 Å². The maximum Gasteiger partial charge on any atom is 0.0469 e. The highest BCUT2D eigenvalue weighted by Gasteiger charge is 2.23. The molecule has 1 aromatic rings. The summed E-state index contributed by atoms with van der Waals surface area (Å²) in [4.78, 5) is 3.13. The van der Waals surface area contributed by atoms with E-state index < -0.39 is 0 Å². The molecular formula is C12H19NS. The molecule has 0 atom stereocenters. The quantitative estimate of drug-likeness (QED) is 0.789. The van der Waals surface area contributed by atoms with Crippen molar-refractivity contribution in [3.63, 3.8) is 0 Å². The Labute approximate surface area is 90.5 Å². The molecule has 0 amide bonds. The molecule has 0 fully saturated rings. The van der Waals surface area contributed by atoms with Gasteiger partial charge in [0.15, 0.2) is 0 Å². The summed E-state index contributed by atoms with van der Waals surface area (Å²) in [6.07, 6.45) is 5.36. The predicted molar refractivity (Wildman–Crippen MR) is 63.0 cm³/mol. The summed E-state index contributed by atoms with van der Waals surface area (Å²) in [5, 5.41) is 3.38. The van der Waals surface area contributed by atoms with E-state index in [9.17, 15) is 0 Å². The molecule has 1 aliphatic rings. The average Bonchev–Trinajstić information content (AvgIpc) is 2.61. The minimum absolute atomic E-state index is 0.141. The monoisotopic (exact) mass is 209 g/mol. The Morgan fingerprint density at radius 3 is 2.64 bits per heavy atom. The minimum Gasteiger partial charge on any atom is -0.310 e. The first-order valence-electron chi connectivity index (χ1n) is 5.44. The Morgan fingerprint density at radius 1 is 1.29 bits per heavy atom. The van der Waals surface area contributed by atoms with Crippen LogP contribution in [0.4, 0.5) is 0 Å². The SMILES string of the molecule is CNC(C)(C)c1cc2c(s1)CCCC2. The lowest BCUT2D eigenvalue weighted by atomic mass is 9.96. The van der Waals surface area contributed by atoms with Gasteiger partial charge in [-0.05, 0) is 58.2 Å². The molecule has 0 saturated heterocycles. The Kier molecular flexibility index (Phi) is 2.67. The molecule has 2 rings (SSSR count). The third-order valence-electron chi connectivity index (χ3n) is 3.24. The third kappa shape index (κ3) is 1.73. The lowest BCUT2D eigenvalue weighted by Crippen LogP contribution is -2.32. The van der Waals surface area contributed by atoms with Gasteiger partial charge in [0.05, 0.1) is 0 Å². The number of hydrogen-bond acceptors (Lipinski definition) is 2. The van der Waals surface area contributed by atoms with Gasteiger partial charge in [-0.25, -0.2) is 0 Å². The van der Waals surface area contributed by atoms with Crippen LogP contribution in [0.1, 0.15) is 42.0 Å². The molecule has 14 heavy (non-hydrogen) atoms. The molecule has 1 nitrogen and oxygen atoms in total. The maximum atomic E-state index is 3.38. The van der Waals surface area contributed by atoms with Gasteiger partial charge < -0.3 is 5.32 Å². The predicted octanol–water partition coefficient (Wildman–Crippen LogP) is 3.08. The Hall–Kier alpha value is -0.340. The van der Waals surface area contributed by atoms with Gasteiger partial charge >= 0.3 is 0 Å². The summed E-state index contributed by atoms with van der Waals surface area (Å²) in [5.41, 5.74) is 1.75. The van der Waals surface area contributed by atoms with Gasteiger partial charge in [0, 0.05) is 15.3 Å². The normalized spacial score (nSPS) is 16.8. The van der Waals surface area contributed by atoms with E-state index in [1.54, 1.807) is 10.4 Å². The van der Waals surface area contributed by atoms with Gasteiger partial charge in [0.25, 0.3) is 0 Å². The summed E-state index contributed by atoms with van der Waals surface area (Å²) >= 11 is 2.00. The lowest BCUT2D eigenvalue weighted by molar-refractivity contribution is 0.453. The minimum atomic E-state index is 0.141. The first-order chi connectivity index (χ1) is 6.63. The second kappa shape index (κ2) is 3.67. The molecule has 0 unspecified atom stereocenters. The number of aryl methyl sites for hydroxylation is 2. The highest BCUT2D eigenvalue weighted by Crippen LogP contribution is 2.34. The van der Waals surface area contributed by atoms with Crippen molar-refractivity contribution in [2.75, 3.05) is 7.05 Å². The van der Waals surface area contributed by atoms with E-state index in [0.29, 0.717) is 0 Å². The van der Waals surface area contributed by atoms with Gasteiger partial charge in [-0.15, -0.1) is 11.3 Å². The van der Waals surface area contributed by atoms with Gasteiger partial charge in [-0.2, -0.15) is 0 Å². The summed E-state index contributed by atoms with van der Waals surface area (Å²) in [5.74, 6) is 0. The zero-order chi connectivity index (χ0) is 10.2. The van der Waals surface area contributed by atoms with E-state index in [1.807, 2.05) is 18.4 Å². The number of nitrogens with one attached hydrogen (secondary N) is 1. The number of thiophene rings is 1. The fraction of sp³-hybridized carbons (Fsp3) is 0.667. The standard InChI is InChI=1S/C12H19NS/c1-12(2,13-3)11-8-9-6-4-5-7-10(9)14-11/h8,13H,4-7H2,1-3H3. The van der Waals surface area contributed by atoms with Crippen LogP contribution < -0.4 is 5.32 Å². The Morgan fingerprint density at radius 2 is 2.00 bits per heavy atom. The van der Waals surface area contributed by atoms with Crippen molar-refractivity contribution in [3.8, 4) is 0 Å². The van der Waals surface area contributed by atoms with E-state index in [-0.39, 0.29) is 5.54 Å². The highest BCUT2D eigenvalue weighted by atomic mass is 32.1. The molecule has 1 heterocycles. The van der Waals surface area contributed by atoms with Crippen LogP contribution in [0.15, 0.2) is 6.07 Å². The van der Waals surface area contributed by atoms with E-state index in [2.05, 4.69) is 25.2 Å². The zero-order valence-electron chi connectivity index (χ0n) is 9.31. The number of rotatable bonds is 2. The fourth-order valence-electron chi connectivity index (χ4n) is 1.92. The van der Waals surface area contributed by atoms with Crippen LogP contribution in [-0.4, -0.2) is 7.05 Å². The van der Waals surface area contributed by atoms with Crippen LogP contribution in [0.25, 0.3) is 0 Å². The maximum absolute atomic E-state index is 3.38. The summed E-state index contributed by atoms with van der Waals surface area (Å²) in [6.45, 7) is 4.51. The van der Waals surface area contributed by atoms with E-state index in [1.165, 1.54) is 30.6 Å². The van der Waals surface area contributed by atoms with E-state index >= 15 is 0 Å². The van der Waals surface area contributed by atoms with Crippen molar-refractivity contribution in [1.29, 1.82) is 0 Å². The van der Waals surface area contributed by atoms with Crippen LogP contribution in [0, 0.1) is 0 Å². The van der Waals surface area contributed by atoms with Gasteiger partial charge in [0.1, 0.15) is 0 Å². The zero-order valence-corrected chi connectivity index (χ0v) is 10.1. The van der Waals surface area contributed by atoms with Crippen molar-refractivity contribution in [2.24, 2.45) is 0 Å². The molecule has 0 spiro atoms. The second-order valence-electron chi connectivity index (χ2n) is 4.64. The topological polar surface area (TPSA) is 12.0 Å². The highest BCUT2D eigenvalue weighted by molar-refractivity contribution is 7.12. The van der Waals surface area contributed by atoms with E-state index in [4.69, 9.17) is 0 Å². The molecule has 1 aliphatic carbocycles. The molecule has 0 aliphatic heterocycles. The second-order valence-corrected chi connectivity index (χ2v) is 5.78. The van der Waals surface area contributed by atoms with E-state index in [0.717, 1.165) is 0 Å². The lowest BCUT2D eigenvalue weighted by Gasteiger charge is -2.22. The molecule has 1 N–H and O–H groups in total. The van der Waals surface area contributed by atoms with Crippen molar-refractivity contribution in [2.45, 2.75) is 45.1 Å². The molecule has 1 aromatic heterocycles. The largest absolute Gasteiger partial charge is 0.310 e. The number of hydrogen-bond donors (Lipinski definition) is 1. The fourth-order valence-corrected chi connectivity index (χ4v) is 3.28. The van der Waals surface area contributed by atoms with Crippen LogP contribution >= 0.6 is 11.3 Å². The Balaban J connectivity index is 2.32. The molecule has 0 bridgehead atoms. The van der Waals surface area contributed by atoms with Crippen molar-refractivity contribution in [3.05, 3.63) is 21.4 Å². The van der Waals surface area contributed by atoms with Crippen LogP contribution in [-0.2, 0) is 18.4 Å². The van der Waals surface area contributed by atoms with Gasteiger partial charge in [-0.1, -0.05) is 0 Å². The van der Waals surface area contributed by atoms with Crippen molar-refractivity contribution in [1.82, 2.24) is 5.32 Å². The molecule has 0 saturated carbocycles. The van der Waals surface area contributed by atoms with Crippen LogP contribution in [0.5, 0.6) is 0 Å².